The van der Waals surface area contributed by atoms with Crippen LogP contribution in [-0.4, -0.2) is 28.4 Å². The molecule has 26 heavy (non-hydrogen) atoms. The molecule has 1 unspecified atom stereocenters. The van der Waals surface area contributed by atoms with Crippen LogP contribution in [0.25, 0.3) is 11.0 Å². The largest absolute Gasteiger partial charge is 0.481 e. The molecule has 1 N–H and O–H groups in total. The van der Waals surface area contributed by atoms with E-state index >= 15 is 0 Å². The lowest BCUT2D eigenvalue weighted by Crippen LogP contribution is -2.41. The van der Waals surface area contributed by atoms with Crippen LogP contribution < -0.4 is 0 Å². The molecule has 0 spiro atoms. The van der Waals surface area contributed by atoms with Gasteiger partial charge in [0.25, 0.3) is 5.91 Å². The Balaban J connectivity index is 1.71. The zero-order chi connectivity index (χ0) is 18.3. The van der Waals surface area contributed by atoms with E-state index in [1.54, 1.807) is 17.0 Å². The van der Waals surface area contributed by atoms with Crippen LogP contribution in [0.3, 0.4) is 0 Å². The average Bonchev–Trinajstić information content (AvgIpc) is 3.00. The monoisotopic (exact) mass is 349 g/mol. The molecule has 1 aromatic heterocycles. The van der Waals surface area contributed by atoms with Crippen molar-refractivity contribution >= 4 is 22.8 Å². The van der Waals surface area contributed by atoms with Crippen molar-refractivity contribution in [2.75, 3.05) is 6.54 Å². The Bertz CT molecular complexity index is 1000. The van der Waals surface area contributed by atoms with Gasteiger partial charge >= 0.3 is 5.97 Å². The summed E-state index contributed by atoms with van der Waals surface area (Å²) in [5.74, 6) is -0.267. The van der Waals surface area contributed by atoms with Gasteiger partial charge in [0.15, 0.2) is 0 Å². The van der Waals surface area contributed by atoms with Crippen LogP contribution in [0.15, 0.2) is 52.9 Å². The van der Waals surface area contributed by atoms with E-state index in [1.165, 1.54) is 0 Å². The molecule has 2 aromatic carbocycles. The number of carbonyl (C=O) groups excluding carboxylic acids is 1. The highest BCUT2D eigenvalue weighted by molar-refractivity contribution is 5.98. The second-order valence-electron chi connectivity index (χ2n) is 6.67. The highest BCUT2D eigenvalue weighted by atomic mass is 16.4. The number of amides is 1. The van der Waals surface area contributed by atoms with E-state index in [-0.39, 0.29) is 12.3 Å². The second-order valence-corrected chi connectivity index (χ2v) is 6.67. The number of fused-ring (bicyclic) bond motifs is 2. The van der Waals surface area contributed by atoms with Gasteiger partial charge in [0, 0.05) is 17.5 Å². The fourth-order valence-electron chi connectivity index (χ4n) is 3.76. The number of hydrogen-bond acceptors (Lipinski definition) is 3. The molecule has 1 amide bonds. The molecule has 5 nitrogen and oxygen atoms in total. The summed E-state index contributed by atoms with van der Waals surface area (Å²) in [6, 6.07) is 14.6. The maximum atomic E-state index is 13.2. The molecule has 2 heterocycles. The van der Waals surface area contributed by atoms with Crippen LogP contribution in [0.5, 0.6) is 0 Å². The molecule has 0 saturated carbocycles. The molecule has 1 atom stereocenters. The van der Waals surface area contributed by atoms with Gasteiger partial charge in [0.1, 0.15) is 11.3 Å². The van der Waals surface area contributed by atoms with Gasteiger partial charge in [-0.05, 0) is 48.7 Å². The summed E-state index contributed by atoms with van der Waals surface area (Å²) in [5.41, 5.74) is 3.33. The Morgan fingerprint density at radius 1 is 1.19 bits per heavy atom. The van der Waals surface area contributed by atoms with Crippen molar-refractivity contribution in [3.05, 3.63) is 71.0 Å². The van der Waals surface area contributed by atoms with Crippen LogP contribution in [0, 0.1) is 6.92 Å². The first-order valence-electron chi connectivity index (χ1n) is 8.63. The Morgan fingerprint density at radius 2 is 2.00 bits per heavy atom. The van der Waals surface area contributed by atoms with Gasteiger partial charge in [-0.1, -0.05) is 24.3 Å². The molecule has 5 heteroatoms. The van der Waals surface area contributed by atoms with Gasteiger partial charge in [-0.25, -0.2) is 0 Å². The summed E-state index contributed by atoms with van der Waals surface area (Å²) < 4.78 is 5.57. The molecule has 132 valence electrons. The van der Waals surface area contributed by atoms with Crippen molar-refractivity contribution in [1.29, 1.82) is 0 Å². The Kier molecular flexibility index (Phi) is 3.99. The summed E-state index contributed by atoms with van der Waals surface area (Å²) in [5, 5.41) is 10.2. The molecule has 0 aliphatic carbocycles. The Labute approximate surface area is 150 Å². The molecule has 0 fully saturated rings. The van der Waals surface area contributed by atoms with Crippen LogP contribution in [0.2, 0.25) is 0 Å². The number of hydrogen-bond donors (Lipinski definition) is 1. The zero-order valence-electron chi connectivity index (χ0n) is 14.4. The number of nitrogens with zero attached hydrogens (tertiary/aromatic N) is 1. The standard InChI is InChI=1S/C21H19NO4/c1-13-10-16-11-15(6-7-19(16)26-13)21(25)22-9-8-14-4-2-3-5-17(14)18(22)12-20(23)24/h2-7,10-11,18H,8-9,12H2,1H3,(H,23,24). The first-order valence-corrected chi connectivity index (χ1v) is 8.63. The minimum absolute atomic E-state index is 0.101. The first kappa shape index (κ1) is 16.4. The molecule has 0 radical (unpaired) electrons. The molecule has 0 bridgehead atoms. The van der Waals surface area contributed by atoms with E-state index in [0.29, 0.717) is 12.1 Å². The van der Waals surface area contributed by atoms with Crippen molar-refractivity contribution < 1.29 is 19.1 Å². The molecular formula is C21H19NO4. The molecule has 1 aliphatic rings. The minimum Gasteiger partial charge on any atom is -0.481 e. The fourth-order valence-corrected chi connectivity index (χ4v) is 3.76. The van der Waals surface area contributed by atoms with Crippen LogP contribution in [-0.2, 0) is 11.2 Å². The summed E-state index contributed by atoms with van der Waals surface area (Å²) >= 11 is 0. The molecule has 0 saturated heterocycles. The lowest BCUT2D eigenvalue weighted by molar-refractivity contribution is -0.138. The fraction of sp³-hybridized carbons (Fsp3) is 0.238. The maximum Gasteiger partial charge on any atom is 0.305 e. The summed E-state index contributed by atoms with van der Waals surface area (Å²) in [6.45, 7) is 2.38. The van der Waals surface area contributed by atoms with E-state index in [2.05, 4.69) is 0 Å². The predicted molar refractivity (Wildman–Crippen MR) is 97.1 cm³/mol. The number of furan rings is 1. The highest BCUT2D eigenvalue weighted by Crippen LogP contribution is 2.33. The SMILES string of the molecule is Cc1cc2cc(C(=O)N3CCc4ccccc4C3CC(=O)O)ccc2o1. The topological polar surface area (TPSA) is 70.8 Å². The maximum absolute atomic E-state index is 13.2. The minimum atomic E-state index is -0.912. The van der Waals surface area contributed by atoms with Crippen LogP contribution in [0.4, 0.5) is 0 Å². The summed E-state index contributed by atoms with van der Waals surface area (Å²) in [7, 11) is 0. The van der Waals surface area contributed by atoms with E-state index in [0.717, 1.165) is 34.3 Å². The number of aliphatic carboxylic acids is 1. The number of carbonyl (C=O) groups is 2. The first-order chi connectivity index (χ1) is 12.5. The van der Waals surface area contributed by atoms with Gasteiger partial charge in [-0.2, -0.15) is 0 Å². The molecular weight excluding hydrogens is 330 g/mol. The van der Waals surface area contributed by atoms with Crippen molar-refractivity contribution in [2.24, 2.45) is 0 Å². The molecule has 1 aliphatic heterocycles. The van der Waals surface area contributed by atoms with Gasteiger partial charge in [-0.15, -0.1) is 0 Å². The number of carboxylic acid groups (broad SMARTS) is 1. The summed E-state index contributed by atoms with van der Waals surface area (Å²) in [4.78, 5) is 26.2. The summed E-state index contributed by atoms with van der Waals surface area (Å²) in [6.07, 6.45) is 0.626. The number of aryl methyl sites for hydroxylation is 1. The molecule has 3 aromatic rings. The van der Waals surface area contributed by atoms with Crippen molar-refractivity contribution in [1.82, 2.24) is 4.90 Å². The average molecular weight is 349 g/mol. The zero-order valence-corrected chi connectivity index (χ0v) is 14.4. The van der Waals surface area contributed by atoms with Gasteiger partial charge in [0.05, 0.1) is 12.5 Å². The lowest BCUT2D eigenvalue weighted by Gasteiger charge is -2.36. The second kappa shape index (κ2) is 6.33. The molecule has 4 rings (SSSR count). The lowest BCUT2D eigenvalue weighted by atomic mass is 9.90. The Hall–Kier alpha value is -3.08. The van der Waals surface area contributed by atoms with Gasteiger partial charge in [0.2, 0.25) is 0 Å². The quantitative estimate of drug-likeness (QED) is 0.777. The number of rotatable bonds is 3. The third kappa shape index (κ3) is 2.86. The number of benzene rings is 2. The highest BCUT2D eigenvalue weighted by Gasteiger charge is 2.32. The Morgan fingerprint density at radius 3 is 2.81 bits per heavy atom. The third-order valence-corrected chi connectivity index (χ3v) is 4.93. The van der Waals surface area contributed by atoms with Gasteiger partial charge < -0.3 is 14.4 Å². The van der Waals surface area contributed by atoms with Crippen LogP contribution >= 0.6 is 0 Å². The van der Waals surface area contributed by atoms with E-state index in [1.807, 2.05) is 43.3 Å². The van der Waals surface area contributed by atoms with Crippen LogP contribution in [0.1, 0.15) is 39.7 Å². The van der Waals surface area contributed by atoms with E-state index in [9.17, 15) is 14.7 Å². The van der Waals surface area contributed by atoms with Crippen molar-refractivity contribution in [3.63, 3.8) is 0 Å². The third-order valence-electron chi connectivity index (χ3n) is 4.93. The van der Waals surface area contributed by atoms with Gasteiger partial charge in [-0.3, -0.25) is 9.59 Å². The predicted octanol–water partition coefficient (Wildman–Crippen LogP) is 3.96. The number of carboxylic acids is 1. The van der Waals surface area contributed by atoms with Crippen molar-refractivity contribution in [2.45, 2.75) is 25.8 Å². The smallest absolute Gasteiger partial charge is 0.305 e. The van der Waals surface area contributed by atoms with E-state index in [4.69, 9.17) is 4.42 Å². The van der Waals surface area contributed by atoms with E-state index < -0.39 is 12.0 Å². The normalized spacial score (nSPS) is 16.5. The van der Waals surface area contributed by atoms with Crippen molar-refractivity contribution in [3.8, 4) is 0 Å².